The zero-order valence-corrected chi connectivity index (χ0v) is 18.9. The summed E-state index contributed by atoms with van der Waals surface area (Å²) in [5.74, 6) is -0.0457. The summed E-state index contributed by atoms with van der Waals surface area (Å²) in [5.41, 5.74) is 5.08. The van der Waals surface area contributed by atoms with Crippen molar-refractivity contribution in [2.75, 3.05) is 40.1 Å². The van der Waals surface area contributed by atoms with Crippen LogP contribution in [0.4, 0.5) is 11.4 Å². The van der Waals surface area contributed by atoms with Gasteiger partial charge in [0, 0.05) is 37.4 Å². The molecule has 30 heavy (non-hydrogen) atoms. The van der Waals surface area contributed by atoms with E-state index >= 15 is 0 Å². The lowest BCUT2D eigenvalue weighted by atomic mass is 9.96. The van der Waals surface area contributed by atoms with Crippen molar-refractivity contribution in [3.05, 3.63) is 94.5 Å². The zero-order valence-electron chi connectivity index (χ0n) is 18.2. The van der Waals surface area contributed by atoms with Gasteiger partial charge in [-0.05, 0) is 59.7 Å². The van der Waals surface area contributed by atoms with Gasteiger partial charge in [-0.25, -0.2) is 0 Å². The fraction of sp³-hybridized carbons (Fsp3) is 0.240. The number of anilines is 1. The number of amides is 1. The van der Waals surface area contributed by atoms with E-state index in [1.165, 1.54) is 10.6 Å². The van der Waals surface area contributed by atoms with Crippen molar-refractivity contribution in [1.29, 1.82) is 0 Å². The highest BCUT2D eigenvalue weighted by atomic mass is 35.5. The summed E-state index contributed by atoms with van der Waals surface area (Å²) in [6, 6.07) is 23.6. The summed E-state index contributed by atoms with van der Waals surface area (Å²) in [7, 11) is 10.1. The van der Waals surface area contributed by atoms with Crippen LogP contribution in [0, 0.1) is 0 Å². The topological polar surface area (TPSA) is 28.0 Å². The monoisotopic (exact) mass is 422 g/mol. The summed E-state index contributed by atoms with van der Waals surface area (Å²) in [6.07, 6.45) is 0. The van der Waals surface area contributed by atoms with Gasteiger partial charge in [-0.1, -0.05) is 35.9 Å². The van der Waals surface area contributed by atoms with Crippen molar-refractivity contribution in [3.63, 3.8) is 0 Å². The number of hydrogen-bond donors (Lipinski definition) is 1. The Kier molecular flexibility index (Phi) is 6.80. The van der Waals surface area contributed by atoms with E-state index in [9.17, 15) is 4.79 Å². The molecule has 1 N–H and O–H groups in total. The number of rotatable bonds is 6. The van der Waals surface area contributed by atoms with Gasteiger partial charge in [0.1, 0.15) is 5.69 Å². The molecule has 1 atom stereocenters. The van der Waals surface area contributed by atoms with Crippen molar-refractivity contribution >= 4 is 28.9 Å². The Morgan fingerprint density at radius 1 is 0.800 bits per heavy atom. The molecule has 0 aliphatic carbocycles. The summed E-state index contributed by atoms with van der Waals surface area (Å²) in [4.78, 5) is 18.4. The van der Waals surface area contributed by atoms with Crippen LogP contribution >= 0.6 is 11.6 Å². The molecule has 0 aromatic heterocycles. The van der Waals surface area contributed by atoms with E-state index in [2.05, 4.69) is 67.5 Å². The van der Waals surface area contributed by atoms with Crippen LogP contribution in [-0.2, 0) is 0 Å². The molecule has 156 valence electrons. The van der Waals surface area contributed by atoms with Crippen molar-refractivity contribution in [3.8, 4) is 0 Å². The second-order valence-corrected chi connectivity index (χ2v) is 8.37. The van der Waals surface area contributed by atoms with E-state index in [4.69, 9.17) is 11.6 Å². The lowest BCUT2D eigenvalue weighted by Crippen LogP contribution is -3.00. The van der Waals surface area contributed by atoms with E-state index in [0.717, 1.165) is 16.8 Å². The summed E-state index contributed by atoms with van der Waals surface area (Å²) < 4.78 is 0. The van der Waals surface area contributed by atoms with Crippen LogP contribution in [0.5, 0.6) is 0 Å². The minimum Gasteiger partial charge on any atom is -0.378 e. The third-order valence-electron chi connectivity index (χ3n) is 5.33. The lowest BCUT2D eigenvalue weighted by molar-refractivity contribution is -0.786. The van der Waals surface area contributed by atoms with Crippen LogP contribution in [-0.4, -0.2) is 46.0 Å². The minimum atomic E-state index is -0.199. The molecule has 0 bridgehead atoms. The molecule has 3 aromatic rings. The molecule has 0 fully saturated rings. The first-order chi connectivity index (χ1) is 14.3. The van der Waals surface area contributed by atoms with Crippen LogP contribution in [0.2, 0.25) is 5.02 Å². The highest BCUT2D eigenvalue weighted by Crippen LogP contribution is 2.31. The highest BCUT2D eigenvalue weighted by molar-refractivity contribution is 6.30. The normalized spacial score (nSPS) is 12.0. The molecular weight excluding hydrogens is 394 g/mol. The SMILES string of the molecule is CN(C)c1ccc(C(c2ccc([NH+](C)C)cc2)N(C)C(=O)c2ccc(Cl)cc2)cc1. The third kappa shape index (κ3) is 4.84. The molecule has 3 rings (SSSR count). The largest absolute Gasteiger partial charge is 0.378 e. The fourth-order valence-electron chi connectivity index (χ4n) is 3.51. The highest BCUT2D eigenvalue weighted by Gasteiger charge is 2.25. The lowest BCUT2D eigenvalue weighted by Gasteiger charge is -2.30. The van der Waals surface area contributed by atoms with Crippen molar-refractivity contribution in [2.24, 2.45) is 0 Å². The van der Waals surface area contributed by atoms with Gasteiger partial charge in [-0.15, -0.1) is 0 Å². The van der Waals surface area contributed by atoms with E-state index in [-0.39, 0.29) is 11.9 Å². The van der Waals surface area contributed by atoms with Gasteiger partial charge in [0.2, 0.25) is 0 Å². The standard InChI is InChI=1S/C25H28ClN3O/c1-27(2)22-14-8-18(9-15-22)24(19-10-16-23(17-11-19)28(3)4)29(5)25(30)20-6-12-21(26)13-7-20/h6-17,24H,1-5H3/p+1. The molecule has 3 aromatic carbocycles. The smallest absolute Gasteiger partial charge is 0.254 e. The van der Waals surface area contributed by atoms with Gasteiger partial charge in [-0.3, -0.25) is 4.79 Å². The Bertz CT molecular complexity index is 929. The second kappa shape index (κ2) is 9.33. The van der Waals surface area contributed by atoms with Gasteiger partial charge in [0.25, 0.3) is 5.91 Å². The first kappa shape index (κ1) is 21.9. The van der Waals surface area contributed by atoms with Crippen LogP contribution in [0.1, 0.15) is 27.5 Å². The van der Waals surface area contributed by atoms with Crippen molar-refractivity contribution < 1.29 is 9.69 Å². The van der Waals surface area contributed by atoms with Gasteiger partial charge in [0.05, 0.1) is 20.1 Å². The van der Waals surface area contributed by atoms with Gasteiger partial charge in [-0.2, -0.15) is 0 Å². The second-order valence-electron chi connectivity index (χ2n) is 7.93. The predicted molar refractivity (Wildman–Crippen MR) is 125 cm³/mol. The number of nitrogens with zero attached hydrogens (tertiary/aromatic N) is 2. The average molecular weight is 423 g/mol. The first-order valence-corrected chi connectivity index (χ1v) is 10.4. The maximum Gasteiger partial charge on any atom is 0.254 e. The predicted octanol–water partition coefficient (Wildman–Crippen LogP) is 4.04. The fourth-order valence-corrected chi connectivity index (χ4v) is 3.63. The molecule has 0 heterocycles. The Hall–Kier alpha value is -2.82. The molecule has 0 spiro atoms. The number of hydrogen-bond acceptors (Lipinski definition) is 2. The quantitative estimate of drug-likeness (QED) is 0.649. The number of nitrogens with one attached hydrogen (secondary N) is 1. The Balaban J connectivity index is 2.01. The molecule has 5 heteroatoms. The van der Waals surface area contributed by atoms with E-state index in [0.29, 0.717) is 10.6 Å². The Labute approximate surface area is 184 Å². The third-order valence-corrected chi connectivity index (χ3v) is 5.58. The molecular formula is C25H29ClN3O+. The average Bonchev–Trinajstić information content (AvgIpc) is 2.74. The molecule has 0 radical (unpaired) electrons. The number of halogens is 1. The van der Waals surface area contributed by atoms with Gasteiger partial charge in [0.15, 0.2) is 0 Å². The molecule has 0 aliphatic rings. The molecule has 1 amide bonds. The number of quaternary nitrogens is 1. The first-order valence-electron chi connectivity index (χ1n) is 9.98. The Morgan fingerprint density at radius 3 is 1.77 bits per heavy atom. The molecule has 4 nitrogen and oxygen atoms in total. The van der Waals surface area contributed by atoms with Gasteiger partial charge >= 0.3 is 0 Å². The molecule has 0 saturated heterocycles. The van der Waals surface area contributed by atoms with Crippen molar-refractivity contribution in [2.45, 2.75) is 6.04 Å². The van der Waals surface area contributed by atoms with E-state index in [1.807, 2.05) is 21.1 Å². The van der Waals surface area contributed by atoms with Crippen molar-refractivity contribution in [1.82, 2.24) is 4.90 Å². The molecule has 0 saturated carbocycles. The van der Waals surface area contributed by atoms with Crippen LogP contribution in [0.25, 0.3) is 0 Å². The van der Waals surface area contributed by atoms with Gasteiger partial charge < -0.3 is 14.7 Å². The summed E-state index contributed by atoms with van der Waals surface area (Å²) in [5, 5.41) is 0.617. The minimum absolute atomic E-state index is 0.0457. The Morgan fingerprint density at radius 2 is 1.30 bits per heavy atom. The molecule has 0 aliphatic heterocycles. The van der Waals surface area contributed by atoms with Crippen LogP contribution < -0.4 is 9.80 Å². The summed E-state index contributed by atoms with van der Waals surface area (Å²) >= 11 is 6.00. The van der Waals surface area contributed by atoms with E-state index in [1.54, 1.807) is 29.2 Å². The van der Waals surface area contributed by atoms with Crippen LogP contribution in [0.15, 0.2) is 72.8 Å². The number of carbonyl (C=O) groups excluding carboxylic acids is 1. The van der Waals surface area contributed by atoms with Crippen LogP contribution in [0.3, 0.4) is 0 Å². The summed E-state index contributed by atoms with van der Waals surface area (Å²) in [6.45, 7) is 0. The maximum atomic E-state index is 13.3. The molecule has 1 unspecified atom stereocenters. The zero-order chi connectivity index (χ0) is 21.8. The number of carbonyl (C=O) groups is 1. The number of benzene rings is 3. The maximum absolute atomic E-state index is 13.3. The van der Waals surface area contributed by atoms with E-state index < -0.39 is 0 Å².